The summed E-state index contributed by atoms with van der Waals surface area (Å²) in [6.45, 7) is 1.73. The van der Waals surface area contributed by atoms with Crippen LogP contribution < -0.4 is 11.0 Å². The minimum Gasteiger partial charge on any atom is -0.360 e. The van der Waals surface area contributed by atoms with E-state index in [1.54, 1.807) is 37.4 Å². The van der Waals surface area contributed by atoms with Gasteiger partial charge in [-0.05, 0) is 19.1 Å². The van der Waals surface area contributed by atoms with E-state index in [2.05, 4.69) is 20.4 Å². The Morgan fingerprint density at radius 3 is 3.05 bits per heavy atom. The molecule has 0 radical (unpaired) electrons. The Balaban J connectivity index is 1.68. The number of amides is 1. The van der Waals surface area contributed by atoms with E-state index in [1.165, 1.54) is 4.40 Å². The van der Waals surface area contributed by atoms with Crippen LogP contribution in [0.4, 0.5) is 5.82 Å². The Kier molecular flexibility index (Phi) is 3.88. The van der Waals surface area contributed by atoms with Gasteiger partial charge >= 0.3 is 5.69 Å². The van der Waals surface area contributed by atoms with Crippen molar-refractivity contribution in [3.05, 3.63) is 46.7 Å². The SMILES string of the molecule is Cc1cc(NC(=O)CSc2nc(=O)n3ccccc3n2)no1. The summed E-state index contributed by atoms with van der Waals surface area (Å²) < 4.78 is 6.19. The van der Waals surface area contributed by atoms with E-state index in [4.69, 9.17) is 4.52 Å². The van der Waals surface area contributed by atoms with Crippen molar-refractivity contribution in [1.29, 1.82) is 0 Å². The molecule has 0 bridgehead atoms. The maximum absolute atomic E-state index is 11.8. The van der Waals surface area contributed by atoms with Crippen LogP contribution in [0.3, 0.4) is 0 Å². The van der Waals surface area contributed by atoms with Crippen molar-refractivity contribution in [2.24, 2.45) is 0 Å². The number of aryl methyl sites for hydroxylation is 1. The second kappa shape index (κ2) is 5.98. The molecule has 22 heavy (non-hydrogen) atoms. The van der Waals surface area contributed by atoms with Crippen LogP contribution in [0.25, 0.3) is 5.65 Å². The summed E-state index contributed by atoms with van der Waals surface area (Å²) >= 11 is 1.08. The molecule has 0 aliphatic carbocycles. The molecule has 3 aromatic rings. The van der Waals surface area contributed by atoms with Crippen LogP contribution >= 0.6 is 11.8 Å². The third-order valence-electron chi connectivity index (χ3n) is 2.67. The smallest absolute Gasteiger partial charge is 0.355 e. The average Bonchev–Trinajstić information content (AvgIpc) is 2.90. The Morgan fingerprint density at radius 1 is 1.41 bits per heavy atom. The lowest BCUT2D eigenvalue weighted by atomic mass is 10.5. The number of nitrogens with one attached hydrogen (secondary N) is 1. The largest absolute Gasteiger partial charge is 0.360 e. The highest BCUT2D eigenvalue weighted by Crippen LogP contribution is 2.13. The Labute approximate surface area is 128 Å². The molecule has 3 aromatic heterocycles. The minimum atomic E-state index is -0.430. The standard InChI is InChI=1S/C13H11N5O3S/c1-8-6-9(17-21-8)14-11(19)7-22-12-15-10-4-2-3-5-18(10)13(20)16-12/h2-6H,7H2,1H3,(H,14,17,19). The first-order valence-electron chi connectivity index (χ1n) is 6.33. The summed E-state index contributed by atoms with van der Waals surface area (Å²) in [6, 6.07) is 6.81. The van der Waals surface area contributed by atoms with Gasteiger partial charge in [0.1, 0.15) is 11.4 Å². The molecule has 0 saturated carbocycles. The zero-order chi connectivity index (χ0) is 15.5. The van der Waals surface area contributed by atoms with Gasteiger partial charge in [0.15, 0.2) is 11.0 Å². The van der Waals surface area contributed by atoms with E-state index in [0.717, 1.165) is 11.8 Å². The number of fused-ring (bicyclic) bond motifs is 1. The molecule has 0 spiro atoms. The van der Waals surface area contributed by atoms with E-state index >= 15 is 0 Å². The lowest BCUT2D eigenvalue weighted by Gasteiger charge is -2.02. The van der Waals surface area contributed by atoms with Gasteiger partial charge in [-0.25, -0.2) is 9.78 Å². The third kappa shape index (κ3) is 3.14. The number of hydrogen-bond donors (Lipinski definition) is 1. The number of aromatic nitrogens is 4. The number of carbonyl (C=O) groups is 1. The number of anilines is 1. The molecule has 1 amide bonds. The fourth-order valence-corrected chi connectivity index (χ4v) is 2.38. The van der Waals surface area contributed by atoms with Crippen molar-refractivity contribution >= 4 is 29.1 Å². The monoisotopic (exact) mass is 317 g/mol. The molecule has 0 aromatic carbocycles. The zero-order valence-corrected chi connectivity index (χ0v) is 12.3. The highest BCUT2D eigenvalue weighted by atomic mass is 32.2. The van der Waals surface area contributed by atoms with Crippen molar-refractivity contribution in [2.45, 2.75) is 12.1 Å². The predicted octanol–water partition coefficient (Wildman–Crippen LogP) is 1.12. The van der Waals surface area contributed by atoms with E-state index in [9.17, 15) is 9.59 Å². The van der Waals surface area contributed by atoms with Crippen molar-refractivity contribution < 1.29 is 9.32 Å². The number of hydrogen-bond acceptors (Lipinski definition) is 7. The highest BCUT2D eigenvalue weighted by Gasteiger charge is 2.09. The third-order valence-corrected chi connectivity index (χ3v) is 3.52. The summed E-state index contributed by atoms with van der Waals surface area (Å²) in [5.41, 5.74) is 0.0539. The number of nitrogens with zero attached hydrogens (tertiary/aromatic N) is 4. The van der Waals surface area contributed by atoms with Crippen LogP contribution in [0.5, 0.6) is 0 Å². The Bertz CT molecular complexity index is 889. The molecule has 9 heteroatoms. The molecule has 0 aliphatic heterocycles. The van der Waals surface area contributed by atoms with Crippen molar-refractivity contribution in [3.8, 4) is 0 Å². The summed E-state index contributed by atoms with van der Waals surface area (Å²) in [5, 5.41) is 6.50. The van der Waals surface area contributed by atoms with Crippen LogP contribution in [0.15, 0.2) is 44.9 Å². The lowest BCUT2D eigenvalue weighted by Crippen LogP contribution is -2.20. The second-order valence-corrected chi connectivity index (χ2v) is 5.32. The molecule has 112 valence electrons. The summed E-state index contributed by atoms with van der Waals surface area (Å²) in [4.78, 5) is 31.7. The number of rotatable bonds is 4. The van der Waals surface area contributed by atoms with Gasteiger partial charge in [0.05, 0.1) is 5.75 Å². The molecular weight excluding hydrogens is 306 g/mol. The lowest BCUT2D eigenvalue weighted by molar-refractivity contribution is -0.113. The maximum Gasteiger partial charge on any atom is 0.355 e. The molecule has 1 N–H and O–H groups in total. The topological polar surface area (TPSA) is 102 Å². The van der Waals surface area contributed by atoms with Gasteiger partial charge in [0.2, 0.25) is 5.91 Å². The van der Waals surface area contributed by atoms with Gasteiger partial charge in [0, 0.05) is 12.3 Å². The van der Waals surface area contributed by atoms with Crippen molar-refractivity contribution in [1.82, 2.24) is 19.5 Å². The Morgan fingerprint density at radius 2 is 2.27 bits per heavy atom. The normalized spacial score (nSPS) is 10.8. The molecular formula is C13H11N5O3S. The van der Waals surface area contributed by atoms with E-state index in [0.29, 0.717) is 17.2 Å². The molecule has 3 heterocycles. The van der Waals surface area contributed by atoms with Crippen LogP contribution in [-0.2, 0) is 4.79 Å². The van der Waals surface area contributed by atoms with Gasteiger partial charge in [-0.3, -0.25) is 9.20 Å². The fourth-order valence-electron chi connectivity index (χ4n) is 1.74. The molecule has 0 fully saturated rings. The van der Waals surface area contributed by atoms with Crippen LogP contribution in [0.2, 0.25) is 0 Å². The van der Waals surface area contributed by atoms with Gasteiger partial charge in [-0.2, -0.15) is 4.98 Å². The first-order valence-corrected chi connectivity index (χ1v) is 7.32. The number of pyridine rings is 1. The first-order chi connectivity index (χ1) is 10.6. The maximum atomic E-state index is 11.8. The van der Waals surface area contributed by atoms with Crippen LogP contribution in [0, 0.1) is 6.92 Å². The van der Waals surface area contributed by atoms with Crippen LogP contribution in [-0.4, -0.2) is 31.2 Å². The second-order valence-electron chi connectivity index (χ2n) is 4.38. The van der Waals surface area contributed by atoms with Crippen LogP contribution in [0.1, 0.15) is 5.76 Å². The molecule has 0 aliphatic rings. The van der Waals surface area contributed by atoms with Gasteiger partial charge in [-0.15, -0.1) is 0 Å². The summed E-state index contributed by atoms with van der Waals surface area (Å²) in [6.07, 6.45) is 1.59. The molecule has 0 saturated heterocycles. The summed E-state index contributed by atoms with van der Waals surface area (Å²) in [5.74, 6) is 0.737. The minimum absolute atomic E-state index is 0.0638. The number of carbonyl (C=O) groups excluding carboxylic acids is 1. The van der Waals surface area contributed by atoms with Gasteiger partial charge < -0.3 is 9.84 Å². The predicted molar refractivity (Wildman–Crippen MR) is 79.9 cm³/mol. The molecule has 0 unspecified atom stereocenters. The van der Waals surface area contributed by atoms with E-state index < -0.39 is 5.69 Å². The van der Waals surface area contributed by atoms with E-state index in [-0.39, 0.29) is 16.8 Å². The van der Waals surface area contributed by atoms with Crippen molar-refractivity contribution in [3.63, 3.8) is 0 Å². The summed E-state index contributed by atoms with van der Waals surface area (Å²) in [7, 11) is 0. The molecule has 8 nitrogen and oxygen atoms in total. The molecule has 0 atom stereocenters. The highest BCUT2D eigenvalue weighted by molar-refractivity contribution is 7.99. The quantitative estimate of drug-likeness (QED) is 0.719. The number of thioether (sulfide) groups is 1. The van der Waals surface area contributed by atoms with E-state index in [1.807, 2.05) is 0 Å². The fraction of sp³-hybridized carbons (Fsp3) is 0.154. The average molecular weight is 317 g/mol. The Hall–Kier alpha value is -2.68. The van der Waals surface area contributed by atoms with Gasteiger partial charge in [-0.1, -0.05) is 23.0 Å². The first kappa shape index (κ1) is 14.3. The zero-order valence-electron chi connectivity index (χ0n) is 11.5. The van der Waals surface area contributed by atoms with Gasteiger partial charge in [0.25, 0.3) is 0 Å². The van der Waals surface area contributed by atoms with Crippen molar-refractivity contribution in [2.75, 3.05) is 11.1 Å². The molecule has 3 rings (SSSR count).